The number of ether oxygens (including phenoxy) is 1. The van der Waals surface area contributed by atoms with Gasteiger partial charge in [0.15, 0.2) is 0 Å². The molecule has 0 saturated carbocycles. The number of nitrogens with one attached hydrogen (secondary N) is 2. The van der Waals surface area contributed by atoms with Crippen LogP contribution in [-0.2, 0) is 18.3 Å². The minimum atomic E-state index is -0.466. The molecule has 2 N–H and O–H groups in total. The first kappa shape index (κ1) is 16.5. The number of aromatic nitrogens is 2. The number of imidazole rings is 1. The predicted molar refractivity (Wildman–Crippen MR) is 78.4 cm³/mol. The number of aryl methyl sites for hydroxylation is 1. The van der Waals surface area contributed by atoms with E-state index >= 15 is 0 Å². The molecule has 1 heterocycles. The lowest BCUT2D eigenvalue weighted by Gasteiger charge is -2.22. The zero-order valence-electron chi connectivity index (χ0n) is 13.1. The van der Waals surface area contributed by atoms with Crippen molar-refractivity contribution in [1.29, 1.82) is 0 Å². The van der Waals surface area contributed by atoms with E-state index in [0.29, 0.717) is 13.1 Å². The SMILES string of the molecule is CCC(CNC(=O)OC(C)(C)C)NCc1nccn1C. The van der Waals surface area contributed by atoms with Gasteiger partial charge >= 0.3 is 6.09 Å². The van der Waals surface area contributed by atoms with E-state index in [-0.39, 0.29) is 12.1 Å². The van der Waals surface area contributed by atoms with E-state index in [2.05, 4.69) is 22.5 Å². The number of hydrogen-bond acceptors (Lipinski definition) is 4. The lowest BCUT2D eigenvalue weighted by atomic mass is 10.2. The van der Waals surface area contributed by atoms with Crippen molar-refractivity contribution in [2.75, 3.05) is 6.54 Å². The monoisotopic (exact) mass is 282 g/mol. The molecule has 0 radical (unpaired) electrons. The second-order valence-electron chi connectivity index (χ2n) is 5.82. The lowest BCUT2D eigenvalue weighted by Crippen LogP contribution is -2.42. The van der Waals surface area contributed by atoms with Crippen molar-refractivity contribution in [2.45, 2.75) is 52.3 Å². The van der Waals surface area contributed by atoms with Crippen LogP contribution in [0.15, 0.2) is 12.4 Å². The van der Waals surface area contributed by atoms with Crippen molar-refractivity contribution in [2.24, 2.45) is 7.05 Å². The highest BCUT2D eigenvalue weighted by atomic mass is 16.6. The smallest absolute Gasteiger partial charge is 0.407 e. The molecule has 0 bridgehead atoms. The van der Waals surface area contributed by atoms with Gasteiger partial charge in [-0.05, 0) is 27.2 Å². The Morgan fingerprint density at radius 2 is 2.20 bits per heavy atom. The second kappa shape index (κ2) is 7.28. The van der Waals surface area contributed by atoms with Crippen LogP contribution in [0.5, 0.6) is 0 Å². The topological polar surface area (TPSA) is 68.2 Å². The minimum Gasteiger partial charge on any atom is -0.444 e. The number of carbonyl (C=O) groups is 1. The third-order valence-corrected chi connectivity index (χ3v) is 2.85. The summed E-state index contributed by atoms with van der Waals surface area (Å²) in [7, 11) is 1.96. The van der Waals surface area contributed by atoms with E-state index < -0.39 is 5.60 Å². The standard InChI is InChI=1S/C14H26N4O2/c1-6-11(9-17-13(19)20-14(2,3)4)16-10-12-15-7-8-18(12)5/h7-8,11,16H,6,9-10H2,1-5H3,(H,17,19). The third kappa shape index (κ3) is 6.06. The first-order chi connectivity index (χ1) is 9.31. The zero-order valence-corrected chi connectivity index (χ0v) is 13.1. The Balaban J connectivity index is 2.33. The van der Waals surface area contributed by atoms with E-state index in [1.807, 2.05) is 38.6 Å². The van der Waals surface area contributed by atoms with Gasteiger partial charge in [0.1, 0.15) is 11.4 Å². The molecule has 1 unspecified atom stereocenters. The third-order valence-electron chi connectivity index (χ3n) is 2.85. The molecule has 0 aliphatic rings. The fourth-order valence-corrected chi connectivity index (χ4v) is 1.68. The summed E-state index contributed by atoms with van der Waals surface area (Å²) in [6, 6.07) is 0.194. The van der Waals surface area contributed by atoms with Crippen molar-refractivity contribution in [3.63, 3.8) is 0 Å². The molecule has 0 fully saturated rings. The van der Waals surface area contributed by atoms with Gasteiger partial charge in [-0.2, -0.15) is 0 Å². The van der Waals surface area contributed by atoms with Gasteiger partial charge in [-0.15, -0.1) is 0 Å². The second-order valence-corrected chi connectivity index (χ2v) is 5.82. The normalized spacial score (nSPS) is 13.1. The van der Waals surface area contributed by atoms with Crippen LogP contribution in [0.1, 0.15) is 39.9 Å². The van der Waals surface area contributed by atoms with E-state index in [4.69, 9.17) is 4.74 Å². The largest absolute Gasteiger partial charge is 0.444 e. The van der Waals surface area contributed by atoms with Gasteiger partial charge in [0.2, 0.25) is 0 Å². The molecule has 1 amide bonds. The van der Waals surface area contributed by atoms with Crippen molar-refractivity contribution in [3.05, 3.63) is 18.2 Å². The Hall–Kier alpha value is -1.56. The molecule has 1 rings (SSSR count). The molecular weight excluding hydrogens is 256 g/mol. The van der Waals surface area contributed by atoms with Crippen LogP contribution in [0.3, 0.4) is 0 Å². The highest BCUT2D eigenvalue weighted by Crippen LogP contribution is 2.06. The van der Waals surface area contributed by atoms with Crippen LogP contribution in [0, 0.1) is 0 Å². The van der Waals surface area contributed by atoms with Crippen molar-refractivity contribution in [1.82, 2.24) is 20.2 Å². The molecule has 6 nitrogen and oxygen atoms in total. The van der Waals surface area contributed by atoms with Gasteiger partial charge in [0.05, 0.1) is 6.54 Å². The molecular formula is C14H26N4O2. The number of nitrogens with zero attached hydrogens (tertiary/aromatic N) is 2. The Morgan fingerprint density at radius 1 is 1.50 bits per heavy atom. The Labute approximate surface area is 120 Å². The fourth-order valence-electron chi connectivity index (χ4n) is 1.68. The molecule has 0 aliphatic carbocycles. The van der Waals surface area contributed by atoms with Crippen molar-refractivity contribution in [3.8, 4) is 0 Å². The van der Waals surface area contributed by atoms with E-state index in [0.717, 1.165) is 12.2 Å². The minimum absolute atomic E-state index is 0.194. The summed E-state index contributed by atoms with van der Waals surface area (Å²) in [6.07, 6.45) is 4.23. The molecule has 20 heavy (non-hydrogen) atoms. The molecule has 1 aromatic heterocycles. The van der Waals surface area contributed by atoms with Crippen LogP contribution >= 0.6 is 0 Å². The van der Waals surface area contributed by atoms with E-state index in [1.165, 1.54) is 0 Å². The van der Waals surface area contributed by atoms with Gasteiger partial charge in [0.25, 0.3) is 0 Å². The van der Waals surface area contributed by atoms with Crippen molar-refractivity contribution < 1.29 is 9.53 Å². The molecule has 1 atom stereocenters. The molecule has 114 valence electrons. The van der Waals surface area contributed by atoms with Crippen LogP contribution in [0.4, 0.5) is 4.79 Å². The van der Waals surface area contributed by atoms with Crippen molar-refractivity contribution >= 4 is 6.09 Å². The van der Waals surface area contributed by atoms with Gasteiger partial charge in [0, 0.05) is 32.0 Å². The maximum Gasteiger partial charge on any atom is 0.407 e. The summed E-state index contributed by atoms with van der Waals surface area (Å²) in [5.41, 5.74) is -0.466. The molecule has 0 spiro atoms. The van der Waals surface area contributed by atoms with Gasteiger partial charge in [-0.3, -0.25) is 0 Å². The first-order valence-corrected chi connectivity index (χ1v) is 6.98. The van der Waals surface area contributed by atoms with Gasteiger partial charge < -0.3 is 19.9 Å². The molecule has 1 aromatic rings. The van der Waals surface area contributed by atoms with Crippen LogP contribution < -0.4 is 10.6 Å². The van der Waals surface area contributed by atoms with Crippen LogP contribution in [0.2, 0.25) is 0 Å². The van der Waals surface area contributed by atoms with Crippen LogP contribution in [0.25, 0.3) is 0 Å². The maximum atomic E-state index is 11.6. The summed E-state index contributed by atoms with van der Waals surface area (Å²) in [6.45, 7) is 8.84. The average molecular weight is 282 g/mol. The first-order valence-electron chi connectivity index (χ1n) is 6.98. The summed E-state index contributed by atoms with van der Waals surface area (Å²) in [5.74, 6) is 0.973. The lowest BCUT2D eigenvalue weighted by molar-refractivity contribution is 0.0522. The number of hydrogen-bond donors (Lipinski definition) is 2. The Bertz CT molecular complexity index is 423. The highest BCUT2D eigenvalue weighted by molar-refractivity contribution is 5.67. The summed E-state index contributed by atoms with van der Waals surface area (Å²) < 4.78 is 7.18. The number of rotatable bonds is 6. The summed E-state index contributed by atoms with van der Waals surface area (Å²) in [4.78, 5) is 15.8. The van der Waals surface area contributed by atoms with Gasteiger partial charge in [-0.1, -0.05) is 6.92 Å². The van der Waals surface area contributed by atoms with E-state index in [9.17, 15) is 4.79 Å². The summed E-state index contributed by atoms with van der Waals surface area (Å²) in [5, 5.41) is 6.16. The zero-order chi connectivity index (χ0) is 15.2. The number of carbonyl (C=O) groups excluding carboxylic acids is 1. The molecule has 0 saturated heterocycles. The highest BCUT2D eigenvalue weighted by Gasteiger charge is 2.17. The Morgan fingerprint density at radius 3 is 2.70 bits per heavy atom. The maximum absolute atomic E-state index is 11.6. The fraction of sp³-hybridized carbons (Fsp3) is 0.714. The van der Waals surface area contributed by atoms with Crippen LogP contribution in [-0.4, -0.2) is 33.8 Å². The molecule has 0 aliphatic heterocycles. The quantitative estimate of drug-likeness (QED) is 0.835. The number of amides is 1. The molecule has 0 aromatic carbocycles. The predicted octanol–water partition coefficient (Wildman–Crippen LogP) is 1.81. The number of alkyl carbamates (subject to hydrolysis) is 1. The Kier molecular flexibility index (Phi) is 6.01. The summed E-state index contributed by atoms with van der Waals surface area (Å²) >= 11 is 0. The van der Waals surface area contributed by atoms with Gasteiger partial charge in [-0.25, -0.2) is 9.78 Å². The van der Waals surface area contributed by atoms with E-state index in [1.54, 1.807) is 6.20 Å². The molecule has 6 heteroatoms. The average Bonchev–Trinajstić information content (AvgIpc) is 2.73.